The molecule has 4 aliphatic rings. The number of rotatable bonds is 1. The molecule has 0 aromatic heterocycles. The number of amides is 1. The molecule has 3 aliphatic carbocycles. The normalized spacial score (nSPS) is 47.2. The summed E-state index contributed by atoms with van der Waals surface area (Å²) in [7, 11) is 1.78. The fraction of sp³-hybridized carbons (Fsp3) is 0.700. The number of carbonyl (C=O) groups excluding carboxylic acids is 2. The molecular formula is C20H27NO3. The number of Topliss-reactive ketones (excluding diaryl/α,β-unsaturated/α-hetero) is 1. The van der Waals surface area contributed by atoms with Crippen molar-refractivity contribution in [2.75, 3.05) is 7.11 Å². The van der Waals surface area contributed by atoms with E-state index in [1.807, 2.05) is 0 Å². The lowest BCUT2D eigenvalue weighted by Crippen LogP contribution is -2.54. The van der Waals surface area contributed by atoms with E-state index in [1.54, 1.807) is 19.4 Å². The van der Waals surface area contributed by atoms with Gasteiger partial charge >= 0.3 is 0 Å². The molecule has 1 amide bonds. The Hall–Kier alpha value is -1.42. The van der Waals surface area contributed by atoms with Crippen LogP contribution in [0.25, 0.3) is 0 Å². The molecule has 6 atom stereocenters. The van der Waals surface area contributed by atoms with E-state index in [9.17, 15) is 9.59 Å². The van der Waals surface area contributed by atoms with Crippen molar-refractivity contribution in [3.63, 3.8) is 0 Å². The molecule has 1 aliphatic heterocycles. The van der Waals surface area contributed by atoms with Crippen LogP contribution >= 0.6 is 0 Å². The zero-order valence-electron chi connectivity index (χ0n) is 14.8. The number of ether oxygens (including phenoxy) is 1. The quantitative estimate of drug-likeness (QED) is 0.804. The van der Waals surface area contributed by atoms with Crippen LogP contribution in [0.5, 0.6) is 0 Å². The van der Waals surface area contributed by atoms with E-state index in [0.717, 1.165) is 31.3 Å². The summed E-state index contributed by atoms with van der Waals surface area (Å²) in [6.07, 6.45) is 10.5. The van der Waals surface area contributed by atoms with Crippen LogP contribution in [-0.2, 0) is 14.3 Å². The van der Waals surface area contributed by atoms with E-state index >= 15 is 0 Å². The van der Waals surface area contributed by atoms with Crippen LogP contribution in [0, 0.1) is 28.6 Å². The summed E-state index contributed by atoms with van der Waals surface area (Å²) in [5.74, 6) is 1.22. The van der Waals surface area contributed by atoms with Gasteiger partial charge in [-0.05, 0) is 37.5 Å². The van der Waals surface area contributed by atoms with Gasteiger partial charge in [0.05, 0.1) is 6.10 Å². The van der Waals surface area contributed by atoms with Crippen LogP contribution < -0.4 is 5.32 Å². The van der Waals surface area contributed by atoms with Gasteiger partial charge < -0.3 is 10.1 Å². The fourth-order valence-corrected chi connectivity index (χ4v) is 6.39. The lowest BCUT2D eigenvalue weighted by Gasteiger charge is -2.55. The molecule has 0 aromatic rings. The van der Waals surface area contributed by atoms with Gasteiger partial charge in [-0.25, -0.2) is 0 Å². The van der Waals surface area contributed by atoms with Crippen LogP contribution in [0.4, 0.5) is 0 Å². The SMILES string of the molecule is CO[C@H]1CC[C@H]2[C@@H]3CCC4=CC(=O)NC=C[C@]4(C)[C@H]3C(=O)C[C@]12C. The van der Waals surface area contributed by atoms with Gasteiger partial charge in [0.1, 0.15) is 5.78 Å². The third-order valence-electron chi connectivity index (χ3n) is 7.50. The number of allylic oxidation sites excluding steroid dienone is 2. The monoisotopic (exact) mass is 329 g/mol. The molecule has 1 heterocycles. The van der Waals surface area contributed by atoms with E-state index in [2.05, 4.69) is 25.2 Å². The predicted octanol–water partition coefficient (Wildman–Crippen LogP) is 2.99. The Labute approximate surface area is 143 Å². The number of methoxy groups -OCH3 is 1. The lowest BCUT2D eigenvalue weighted by molar-refractivity contribution is -0.146. The van der Waals surface area contributed by atoms with E-state index in [1.165, 1.54) is 0 Å². The number of ketones is 1. The average molecular weight is 329 g/mol. The van der Waals surface area contributed by atoms with E-state index in [0.29, 0.717) is 24.0 Å². The number of fused-ring (bicyclic) bond motifs is 5. The number of hydrogen-bond acceptors (Lipinski definition) is 3. The van der Waals surface area contributed by atoms with Crippen molar-refractivity contribution in [1.82, 2.24) is 5.32 Å². The van der Waals surface area contributed by atoms with E-state index in [4.69, 9.17) is 4.74 Å². The van der Waals surface area contributed by atoms with E-state index in [-0.39, 0.29) is 28.8 Å². The second-order valence-corrected chi connectivity index (χ2v) is 8.53. The maximum Gasteiger partial charge on any atom is 0.247 e. The highest BCUT2D eigenvalue weighted by Crippen LogP contribution is 2.63. The zero-order valence-corrected chi connectivity index (χ0v) is 14.8. The third-order valence-corrected chi connectivity index (χ3v) is 7.50. The maximum atomic E-state index is 13.3. The van der Waals surface area contributed by atoms with Crippen LogP contribution in [-0.4, -0.2) is 24.9 Å². The Balaban J connectivity index is 1.76. The highest BCUT2D eigenvalue weighted by Gasteiger charge is 2.61. The number of carbonyl (C=O) groups is 2. The molecule has 0 aromatic carbocycles. The van der Waals surface area contributed by atoms with Gasteiger partial charge in [0.25, 0.3) is 0 Å². The van der Waals surface area contributed by atoms with Gasteiger partial charge in [-0.2, -0.15) is 0 Å². The fourth-order valence-electron chi connectivity index (χ4n) is 6.39. The molecule has 1 N–H and O–H groups in total. The molecule has 3 fully saturated rings. The van der Waals surface area contributed by atoms with Crippen molar-refractivity contribution in [2.45, 2.75) is 52.1 Å². The molecule has 3 saturated carbocycles. The summed E-state index contributed by atoms with van der Waals surface area (Å²) in [6.45, 7) is 4.41. The van der Waals surface area contributed by atoms with Crippen molar-refractivity contribution < 1.29 is 14.3 Å². The van der Waals surface area contributed by atoms with Crippen molar-refractivity contribution in [3.8, 4) is 0 Å². The standard InChI is InChI=1S/C20H27NO3/c1-19-8-9-21-17(23)10-12(19)4-5-13-14-6-7-16(24-3)20(14,2)11-15(22)18(13)19/h8-10,13-14,16,18H,4-7,11H2,1-3H3,(H,21,23)/t13-,14-,16-,18+,19-,20-/m0/s1. The molecule has 0 bridgehead atoms. The second kappa shape index (κ2) is 5.29. The maximum absolute atomic E-state index is 13.3. The van der Waals surface area contributed by atoms with E-state index < -0.39 is 0 Å². The van der Waals surface area contributed by atoms with Crippen LogP contribution in [0.3, 0.4) is 0 Å². The van der Waals surface area contributed by atoms with Crippen molar-refractivity contribution in [1.29, 1.82) is 0 Å². The molecule has 130 valence electrons. The lowest BCUT2D eigenvalue weighted by atomic mass is 9.48. The first-order chi connectivity index (χ1) is 11.4. The minimum Gasteiger partial charge on any atom is -0.381 e. The third kappa shape index (κ3) is 2.01. The number of hydrogen-bond donors (Lipinski definition) is 1. The van der Waals surface area contributed by atoms with Crippen LogP contribution in [0.1, 0.15) is 46.0 Å². The predicted molar refractivity (Wildman–Crippen MR) is 90.9 cm³/mol. The first-order valence-electron chi connectivity index (χ1n) is 9.15. The summed E-state index contributed by atoms with van der Waals surface area (Å²) in [5, 5.41) is 2.78. The summed E-state index contributed by atoms with van der Waals surface area (Å²) in [5.41, 5.74) is 0.770. The molecule has 24 heavy (non-hydrogen) atoms. The second-order valence-electron chi connectivity index (χ2n) is 8.53. The molecule has 0 unspecified atom stereocenters. The molecule has 4 nitrogen and oxygen atoms in total. The van der Waals surface area contributed by atoms with Crippen molar-refractivity contribution in [2.24, 2.45) is 28.6 Å². The minimum absolute atomic E-state index is 0.00451. The molecule has 0 radical (unpaired) electrons. The van der Waals surface area contributed by atoms with Gasteiger partial charge in [0.15, 0.2) is 0 Å². The molecule has 4 heteroatoms. The summed E-state index contributed by atoms with van der Waals surface area (Å²) < 4.78 is 5.75. The zero-order chi connectivity index (χ0) is 17.1. The van der Waals surface area contributed by atoms with Crippen LogP contribution in [0.2, 0.25) is 0 Å². The summed E-state index contributed by atoms with van der Waals surface area (Å²) >= 11 is 0. The summed E-state index contributed by atoms with van der Waals surface area (Å²) in [6, 6.07) is 0. The Bertz CT molecular complexity index is 651. The minimum atomic E-state index is -0.328. The topological polar surface area (TPSA) is 55.4 Å². The number of nitrogens with one attached hydrogen (secondary N) is 1. The first kappa shape index (κ1) is 16.1. The smallest absolute Gasteiger partial charge is 0.247 e. The van der Waals surface area contributed by atoms with Gasteiger partial charge in [-0.1, -0.05) is 25.5 Å². The first-order valence-corrected chi connectivity index (χ1v) is 9.15. The van der Waals surface area contributed by atoms with Crippen molar-refractivity contribution in [3.05, 3.63) is 23.9 Å². The Morgan fingerprint density at radius 2 is 2.00 bits per heavy atom. The Morgan fingerprint density at radius 1 is 1.21 bits per heavy atom. The van der Waals surface area contributed by atoms with Crippen molar-refractivity contribution >= 4 is 11.7 Å². The summed E-state index contributed by atoms with van der Waals surface area (Å²) in [4.78, 5) is 25.2. The highest BCUT2D eigenvalue weighted by molar-refractivity contribution is 5.91. The average Bonchev–Trinajstić information content (AvgIpc) is 2.76. The Morgan fingerprint density at radius 3 is 2.75 bits per heavy atom. The molecule has 0 spiro atoms. The van der Waals surface area contributed by atoms with Gasteiger partial charge in [0, 0.05) is 42.6 Å². The highest BCUT2D eigenvalue weighted by atomic mass is 16.5. The van der Waals surface area contributed by atoms with Gasteiger partial charge in [-0.15, -0.1) is 0 Å². The molecule has 0 saturated heterocycles. The van der Waals surface area contributed by atoms with Gasteiger partial charge in [0.2, 0.25) is 5.91 Å². The van der Waals surface area contributed by atoms with Gasteiger partial charge in [-0.3, -0.25) is 9.59 Å². The van der Waals surface area contributed by atoms with Crippen LogP contribution in [0.15, 0.2) is 23.9 Å². The molecular weight excluding hydrogens is 302 g/mol. The largest absolute Gasteiger partial charge is 0.381 e. The Kier molecular flexibility index (Phi) is 3.54. The molecule has 4 rings (SSSR count).